The molecule has 1 saturated carbocycles. The van der Waals surface area contributed by atoms with Gasteiger partial charge in [-0.15, -0.1) is 0 Å². The van der Waals surface area contributed by atoms with Gasteiger partial charge in [0, 0.05) is 30.1 Å². The number of urea groups is 1. The smallest absolute Gasteiger partial charge is 0.334 e. The number of halogens is 4. The molecule has 3 rings (SSSR count). The molecule has 0 bridgehead atoms. The van der Waals surface area contributed by atoms with E-state index in [0.29, 0.717) is 40.9 Å². The van der Waals surface area contributed by atoms with Crippen molar-refractivity contribution in [3.8, 4) is 6.07 Å². The van der Waals surface area contributed by atoms with Gasteiger partial charge in [-0.05, 0) is 48.7 Å². The van der Waals surface area contributed by atoms with Crippen molar-refractivity contribution in [1.82, 2.24) is 10.3 Å². The maximum Gasteiger partial charge on any atom is 0.450 e. The number of aromatic nitrogens is 1. The summed E-state index contributed by atoms with van der Waals surface area (Å²) in [5.41, 5.74) is 2.07. The van der Waals surface area contributed by atoms with E-state index in [1.54, 1.807) is 19.9 Å². The summed E-state index contributed by atoms with van der Waals surface area (Å²) in [6.07, 6.45) is 2.33. The molecule has 0 saturated heterocycles. The maximum atomic E-state index is 14.3. The van der Waals surface area contributed by atoms with Crippen molar-refractivity contribution in [3.63, 3.8) is 0 Å². The average molecular weight is 484 g/mol. The Bertz CT molecular complexity index is 996. The Morgan fingerprint density at radius 3 is 2.52 bits per heavy atom. The van der Waals surface area contributed by atoms with E-state index in [1.807, 2.05) is 6.07 Å². The number of ketones is 1. The first kappa shape index (κ1) is 24.9. The SMILES string of the molecule is CCC(=O)c1ccc(F)c(C2CC2NC(=O)Nc2ccc(C#N)cn2)c1C.ClB(Cl)Cl. The van der Waals surface area contributed by atoms with E-state index in [0.717, 1.165) is 0 Å². The van der Waals surface area contributed by atoms with E-state index in [-0.39, 0.29) is 23.6 Å². The maximum absolute atomic E-state index is 14.3. The first-order chi connectivity index (χ1) is 14.7. The number of nitrogens with zero attached hydrogens (tertiary/aromatic N) is 2. The largest absolute Gasteiger partial charge is 0.450 e. The van der Waals surface area contributed by atoms with Crippen LogP contribution in [0.3, 0.4) is 0 Å². The summed E-state index contributed by atoms with van der Waals surface area (Å²) in [5, 5.41) is 14.1. The van der Waals surface area contributed by atoms with Crippen LogP contribution >= 0.6 is 34.4 Å². The summed E-state index contributed by atoms with van der Waals surface area (Å²) >= 11 is 14.4. The lowest BCUT2D eigenvalue weighted by Crippen LogP contribution is -2.31. The molecule has 1 heterocycles. The fraction of sp³-hybridized carbons (Fsp3) is 0.300. The number of amides is 2. The van der Waals surface area contributed by atoms with Crippen molar-refractivity contribution in [2.24, 2.45) is 0 Å². The van der Waals surface area contributed by atoms with Crippen LogP contribution in [0.25, 0.3) is 0 Å². The van der Waals surface area contributed by atoms with E-state index in [1.165, 1.54) is 24.4 Å². The zero-order valence-corrected chi connectivity index (χ0v) is 19.0. The molecule has 0 spiro atoms. The normalized spacial score (nSPS) is 16.3. The molecular weight excluding hydrogens is 464 g/mol. The molecule has 1 aliphatic carbocycles. The lowest BCUT2D eigenvalue weighted by atomic mass is 9.95. The van der Waals surface area contributed by atoms with E-state index in [9.17, 15) is 14.0 Å². The number of hydrogen-bond donors (Lipinski definition) is 2. The van der Waals surface area contributed by atoms with Crippen molar-refractivity contribution >= 4 is 57.0 Å². The van der Waals surface area contributed by atoms with E-state index >= 15 is 0 Å². The highest BCUT2D eigenvalue weighted by atomic mass is 35.6. The van der Waals surface area contributed by atoms with Gasteiger partial charge in [0.25, 0.3) is 0 Å². The number of pyridine rings is 1. The Morgan fingerprint density at radius 1 is 1.29 bits per heavy atom. The number of rotatable bonds is 5. The van der Waals surface area contributed by atoms with E-state index in [2.05, 4.69) is 15.6 Å². The minimum atomic E-state index is -0.750. The summed E-state index contributed by atoms with van der Waals surface area (Å²) in [7, 11) is 0. The summed E-state index contributed by atoms with van der Waals surface area (Å²) in [6, 6.07) is 7.23. The molecule has 2 aromatic rings. The van der Waals surface area contributed by atoms with Gasteiger partial charge in [-0.2, -0.15) is 39.6 Å². The topological polar surface area (TPSA) is 94.9 Å². The lowest BCUT2D eigenvalue weighted by molar-refractivity contribution is 0.0987. The van der Waals surface area contributed by atoms with Crippen LogP contribution in [0.5, 0.6) is 0 Å². The first-order valence-corrected chi connectivity index (χ1v) is 10.7. The van der Waals surface area contributed by atoms with Crippen LogP contribution in [0.15, 0.2) is 30.5 Å². The zero-order chi connectivity index (χ0) is 23.1. The summed E-state index contributed by atoms with van der Waals surface area (Å²) < 4.78 is 14.3. The molecule has 1 aliphatic rings. The molecule has 0 aliphatic heterocycles. The third kappa shape index (κ3) is 7.10. The molecule has 31 heavy (non-hydrogen) atoms. The Hall–Kier alpha value is -2.34. The summed E-state index contributed by atoms with van der Waals surface area (Å²) in [6.45, 7) is 3.52. The zero-order valence-electron chi connectivity index (χ0n) is 16.8. The molecule has 6 nitrogen and oxygen atoms in total. The van der Waals surface area contributed by atoms with Crippen molar-refractivity contribution in [1.29, 1.82) is 5.26 Å². The molecule has 2 unspecified atom stereocenters. The Labute approximate surface area is 194 Å². The van der Waals surface area contributed by atoms with Gasteiger partial charge in [-0.3, -0.25) is 10.1 Å². The van der Waals surface area contributed by atoms with Crippen LogP contribution in [0, 0.1) is 24.1 Å². The Kier molecular flexibility index (Phi) is 9.11. The molecule has 2 atom stereocenters. The number of carbonyl (C=O) groups is 2. The number of anilines is 1. The highest BCUT2D eigenvalue weighted by Gasteiger charge is 2.42. The second kappa shape index (κ2) is 11.3. The molecule has 11 heteroatoms. The average Bonchev–Trinajstić information content (AvgIpc) is 3.46. The number of Topliss-reactive ketones (excluding diaryl/α,β-unsaturated/α-hetero) is 1. The van der Waals surface area contributed by atoms with Gasteiger partial charge in [-0.1, -0.05) is 6.92 Å². The number of benzene rings is 1. The van der Waals surface area contributed by atoms with E-state index in [4.69, 9.17) is 39.6 Å². The van der Waals surface area contributed by atoms with Gasteiger partial charge in [0.1, 0.15) is 17.7 Å². The van der Waals surface area contributed by atoms with Gasteiger partial charge >= 0.3 is 11.0 Å². The van der Waals surface area contributed by atoms with Gasteiger partial charge in [0.05, 0.1) is 5.56 Å². The monoisotopic (exact) mass is 482 g/mol. The molecule has 2 N–H and O–H groups in total. The predicted molar refractivity (Wildman–Crippen MR) is 121 cm³/mol. The van der Waals surface area contributed by atoms with Gasteiger partial charge in [0.2, 0.25) is 0 Å². The summed E-state index contributed by atoms with van der Waals surface area (Å²) in [5.74, 6) is -0.219. The Morgan fingerprint density at radius 2 is 1.97 bits per heavy atom. The van der Waals surface area contributed by atoms with Crippen molar-refractivity contribution in [2.45, 2.75) is 38.6 Å². The van der Waals surface area contributed by atoms with Gasteiger partial charge in [0.15, 0.2) is 5.78 Å². The second-order valence-corrected chi connectivity index (χ2v) is 8.73. The van der Waals surface area contributed by atoms with Crippen LogP contribution in [-0.4, -0.2) is 27.8 Å². The van der Waals surface area contributed by atoms with Crippen molar-refractivity contribution in [3.05, 3.63) is 58.5 Å². The predicted octanol–water partition coefficient (Wildman–Crippen LogP) is 5.36. The third-order valence-corrected chi connectivity index (χ3v) is 4.70. The van der Waals surface area contributed by atoms with Gasteiger partial charge < -0.3 is 5.32 Å². The lowest BCUT2D eigenvalue weighted by Gasteiger charge is -2.12. The quantitative estimate of drug-likeness (QED) is 0.442. The van der Waals surface area contributed by atoms with Crippen LogP contribution in [0.1, 0.15) is 52.7 Å². The van der Waals surface area contributed by atoms with Gasteiger partial charge in [-0.25, -0.2) is 14.2 Å². The van der Waals surface area contributed by atoms with Crippen LogP contribution in [-0.2, 0) is 0 Å². The standard InChI is InChI=1S/C20H19FN4O2.BCl3/c1-3-17(26)13-5-6-15(21)19(11(13)2)14-8-16(14)24-20(27)25-18-7-4-12(9-22)10-23-18;2-1(3)4/h4-7,10,14,16H,3,8H2,1-2H3,(H2,23,24,25,27);. The molecule has 2 amide bonds. The number of carbonyl (C=O) groups excluding carboxylic acids is 2. The molecular formula is C20H19BCl3FN4O2. The van der Waals surface area contributed by atoms with Crippen LogP contribution in [0.4, 0.5) is 15.0 Å². The van der Waals surface area contributed by atoms with Crippen LogP contribution in [0.2, 0.25) is 0 Å². The van der Waals surface area contributed by atoms with Crippen molar-refractivity contribution < 1.29 is 14.0 Å². The first-order valence-electron chi connectivity index (χ1n) is 9.36. The molecule has 1 aromatic carbocycles. The fourth-order valence-electron chi connectivity index (χ4n) is 3.17. The minimum absolute atomic E-state index is 0.0245. The third-order valence-electron chi connectivity index (χ3n) is 4.70. The molecule has 1 fully saturated rings. The fourth-order valence-corrected chi connectivity index (χ4v) is 3.17. The van der Waals surface area contributed by atoms with Crippen LogP contribution < -0.4 is 10.6 Å². The Balaban J connectivity index is 0.000000785. The highest BCUT2D eigenvalue weighted by Crippen LogP contribution is 2.44. The molecule has 1 aromatic heterocycles. The molecule has 0 radical (unpaired) electrons. The number of nitrogens with one attached hydrogen (secondary N) is 2. The van der Waals surface area contributed by atoms with Crippen molar-refractivity contribution in [2.75, 3.05) is 5.32 Å². The van der Waals surface area contributed by atoms with E-state index < -0.39 is 11.0 Å². The minimum Gasteiger partial charge on any atom is -0.334 e. The highest BCUT2D eigenvalue weighted by molar-refractivity contribution is 7.54. The number of nitriles is 1. The molecule has 162 valence electrons. The second-order valence-electron chi connectivity index (χ2n) is 6.75. The number of hydrogen-bond acceptors (Lipinski definition) is 4. The summed E-state index contributed by atoms with van der Waals surface area (Å²) in [4.78, 5) is 27.4.